The van der Waals surface area contributed by atoms with Gasteiger partial charge < -0.3 is 5.11 Å². The molecule has 0 aliphatic carbocycles. The van der Waals surface area contributed by atoms with Crippen LogP contribution in [0.4, 0.5) is 0 Å². The van der Waals surface area contributed by atoms with Gasteiger partial charge in [0, 0.05) is 6.54 Å². The van der Waals surface area contributed by atoms with E-state index in [1.165, 1.54) is 0 Å². The largest absolute Gasteiger partial charge is 0.481 e. The van der Waals surface area contributed by atoms with Gasteiger partial charge in [-0.2, -0.15) is 0 Å². The molecule has 2 saturated heterocycles. The highest BCUT2D eigenvalue weighted by molar-refractivity contribution is 6.05. The second-order valence-corrected chi connectivity index (χ2v) is 5.07. The first-order valence-electron chi connectivity index (χ1n) is 5.73. The predicted octanol–water partition coefficient (Wildman–Crippen LogP) is -0.412. The molecule has 2 aliphatic heterocycles. The highest BCUT2D eigenvalue weighted by atomic mass is 16.4. The van der Waals surface area contributed by atoms with Crippen molar-refractivity contribution in [2.45, 2.75) is 32.2 Å². The maximum Gasteiger partial charge on any atom is 0.310 e. The highest BCUT2D eigenvalue weighted by Gasteiger charge is 2.43. The molecule has 0 aromatic rings. The van der Waals surface area contributed by atoms with Crippen LogP contribution in [0.3, 0.4) is 0 Å². The second-order valence-electron chi connectivity index (χ2n) is 5.07. The number of imide groups is 1. The monoisotopic (exact) mass is 240 g/mol. The summed E-state index contributed by atoms with van der Waals surface area (Å²) in [6.45, 7) is 2.69. The van der Waals surface area contributed by atoms with Crippen LogP contribution >= 0.6 is 0 Å². The molecule has 0 spiro atoms. The van der Waals surface area contributed by atoms with Crippen molar-refractivity contribution in [3.63, 3.8) is 0 Å². The number of nitrogens with zero attached hydrogens (tertiary/aromatic N) is 1. The molecule has 0 aromatic heterocycles. The molecule has 0 bridgehead atoms. The minimum atomic E-state index is -0.841. The third-order valence-electron chi connectivity index (χ3n) is 3.63. The number of carboxylic acids is 1. The fourth-order valence-electron chi connectivity index (χ4n) is 2.55. The zero-order valence-corrected chi connectivity index (χ0v) is 9.73. The van der Waals surface area contributed by atoms with Crippen molar-refractivity contribution in [3.05, 3.63) is 0 Å². The number of carbonyl (C=O) groups excluding carboxylic acids is 2. The zero-order chi connectivity index (χ0) is 12.6. The number of aliphatic carboxylic acids is 1. The lowest BCUT2D eigenvalue weighted by Gasteiger charge is -2.39. The SMILES string of the molecule is CC1(C(=O)O)CCCN(C2CC(=O)NC2=O)C1. The average Bonchev–Trinajstić information content (AvgIpc) is 2.58. The van der Waals surface area contributed by atoms with E-state index >= 15 is 0 Å². The van der Waals surface area contributed by atoms with Crippen molar-refractivity contribution < 1.29 is 19.5 Å². The van der Waals surface area contributed by atoms with Gasteiger partial charge in [0.05, 0.1) is 17.9 Å². The van der Waals surface area contributed by atoms with Crippen LogP contribution in [0.1, 0.15) is 26.2 Å². The molecule has 6 nitrogen and oxygen atoms in total. The Morgan fingerprint density at radius 2 is 2.24 bits per heavy atom. The summed E-state index contributed by atoms with van der Waals surface area (Å²) < 4.78 is 0. The predicted molar refractivity (Wildman–Crippen MR) is 58.1 cm³/mol. The summed E-state index contributed by atoms with van der Waals surface area (Å²) in [5.74, 6) is -1.42. The van der Waals surface area contributed by atoms with Gasteiger partial charge in [-0.3, -0.25) is 24.6 Å². The molecule has 2 rings (SSSR count). The van der Waals surface area contributed by atoms with Gasteiger partial charge in [-0.05, 0) is 26.3 Å². The van der Waals surface area contributed by atoms with Crippen molar-refractivity contribution >= 4 is 17.8 Å². The van der Waals surface area contributed by atoms with Crippen LogP contribution in [0.25, 0.3) is 0 Å². The van der Waals surface area contributed by atoms with Crippen LogP contribution in [-0.4, -0.2) is 46.9 Å². The molecule has 0 saturated carbocycles. The summed E-state index contributed by atoms with van der Waals surface area (Å²) in [6, 6.07) is -0.485. The standard InChI is InChI=1S/C11H16N2O4/c1-11(10(16)17)3-2-4-13(6-11)7-5-8(14)12-9(7)15/h7H,2-6H2,1H3,(H,16,17)(H,12,14,15). The Morgan fingerprint density at radius 3 is 2.76 bits per heavy atom. The Kier molecular flexibility index (Phi) is 2.91. The highest BCUT2D eigenvalue weighted by Crippen LogP contribution is 2.31. The van der Waals surface area contributed by atoms with Gasteiger partial charge in [0.1, 0.15) is 0 Å². The van der Waals surface area contributed by atoms with Crippen molar-refractivity contribution in [1.82, 2.24) is 10.2 Å². The molecule has 2 atom stereocenters. The number of amides is 2. The second kappa shape index (κ2) is 4.10. The molecule has 0 aromatic carbocycles. The maximum atomic E-state index is 11.5. The number of hydrogen-bond donors (Lipinski definition) is 2. The van der Waals surface area contributed by atoms with Crippen molar-refractivity contribution in [1.29, 1.82) is 0 Å². The van der Waals surface area contributed by atoms with E-state index in [0.717, 1.165) is 6.42 Å². The van der Waals surface area contributed by atoms with Gasteiger partial charge in [-0.1, -0.05) is 0 Å². The summed E-state index contributed by atoms with van der Waals surface area (Å²) in [5, 5.41) is 11.4. The Hall–Kier alpha value is -1.43. The average molecular weight is 240 g/mol. The third kappa shape index (κ3) is 2.17. The number of piperidine rings is 1. The lowest BCUT2D eigenvalue weighted by molar-refractivity contribution is -0.152. The topological polar surface area (TPSA) is 86.7 Å². The van der Waals surface area contributed by atoms with Crippen molar-refractivity contribution in [2.75, 3.05) is 13.1 Å². The lowest BCUT2D eigenvalue weighted by Crippen LogP contribution is -2.51. The van der Waals surface area contributed by atoms with Gasteiger partial charge in [0.15, 0.2) is 0 Å². The Bertz CT molecular complexity index is 382. The van der Waals surface area contributed by atoms with E-state index in [4.69, 9.17) is 0 Å². The van der Waals surface area contributed by atoms with Gasteiger partial charge in [-0.15, -0.1) is 0 Å². The van der Waals surface area contributed by atoms with Gasteiger partial charge >= 0.3 is 5.97 Å². The van der Waals surface area contributed by atoms with Gasteiger partial charge in [0.25, 0.3) is 0 Å². The molecular weight excluding hydrogens is 224 g/mol. The lowest BCUT2D eigenvalue weighted by atomic mass is 9.81. The van der Waals surface area contributed by atoms with E-state index in [1.54, 1.807) is 6.92 Å². The van der Waals surface area contributed by atoms with E-state index in [9.17, 15) is 19.5 Å². The van der Waals surface area contributed by atoms with Crippen LogP contribution < -0.4 is 5.32 Å². The first kappa shape index (κ1) is 12.0. The fraction of sp³-hybridized carbons (Fsp3) is 0.727. The molecule has 2 unspecified atom stereocenters. The first-order valence-corrected chi connectivity index (χ1v) is 5.73. The summed E-state index contributed by atoms with van der Waals surface area (Å²) in [6.07, 6.45) is 1.50. The molecular formula is C11H16N2O4. The van der Waals surface area contributed by atoms with Crippen LogP contribution in [-0.2, 0) is 14.4 Å². The van der Waals surface area contributed by atoms with E-state index in [-0.39, 0.29) is 18.2 Å². The molecule has 0 radical (unpaired) electrons. The first-order chi connectivity index (χ1) is 7.92. The molecule has 2 aliphatic rings. The van der Waals surface area contributed by atoms with E-state index in [0.29, 0.717) is 19.5 Å². The number of likely N-dealkylation sites (tertiary alicyclic amines) is 1. The quantitative estimate of drug-likeness (QED) is 0.641. The van der Waals surface area contributed by atoms with E-state index in [2.05, 4.69) is 5.32 Å². The van der Waals surface area contributed by atoms with Gasteiger partial charge in [-0.25, -0.2) is 0 Å². The Labute approximate surface area is 99.0 Å². The van der Waals surface area contributed by atoms with Crippen LogP contribution in [0.5, 0.6) is 0 Å². The molecule has 2 fully saturated rings. The number of rotatable bonds is 2. The number of nitrogens with one attached hydrogen (secondary N) is 1. The Balaban J connectivity index is 2.10. The summed E-state index contributed by atoms with van der Waals surface area (Å²) in [7, 11) is 0. The summed E-state index contributed by atoms with van der Waals surface area (Å²) in [5.41, 5.74) is -0.815. The van der Waals surface area contributed by atoms with Crippen molar-refractivity contribution in [2.24, 2.45) is 5.41 Å². The molecule has 2 N–H and O–H groups in total. The normalized spacial score (nSPS) is 34.8. The minimum Gasteiger partial charge on any atom is -0.481 e. The van der Waals surface area contributed by atoms with Crippen LogP contribution in [0, 0.1) is 5.41 Å². The molecule has 94 valence electrons. The molecule has 2 heterocycles. The smallest absolute Gasteiger partial charge is 0.310 e. The van der Waals surface area contributed by atoms with Gasteiger partial charge in [0.2, 0.25) is 11.8 Å². The zero-order valence-electron chi connectivity index (χ0n) is 9.73. The Morgan fingerprint density at radius 1 is 1.53 bits per heavy atom. The maximum absolute atomic E-state index is 11.5. The fourth-order valence-corrected chi connectivity index (χ4v) is 2.55. The molecule has 17 heavy (non-hydrogen) atoms. The number of carbonyl (C=O) groups is 3. The van der Waals surface area contributed by atoms with E-state index in [1.807, 2.05) is 4.90 Å². The number of hydrogen-bond acceptors (Lipinski definition) is 4. The molecule has 2 amide bonds. The van der Waals surface area contributed by atoms with E-state index < -0.39 is 17.4 Å². The summed E-state index contributed by atoms with van der Waals surface area (Å²) >= 11 is 0. The van der Waals surface area contributed by atoms with Crippen LogP contribution in [0.15, 0.2) is 0 Å². The molecule has 6 heteroatoms. The summed E-state index contributed by atoms with van der Waals surface area (Å²) in [4.78, 5) is 35.7. The minimum absolute atomic E-state index is 0.147. The van der Waals surface area contributed by atoms with Crippen LogP contribution in [0.2, 0.25) is 0 Å². The van der Waals surface area contributed by atoms with Crippen molar-refractivity contribution in [3.8, 4) is 0 Å². The number of carboxylic acid groups (broad SMARTS) is 1. The third-order valence-corrected chi connectivity index (χ3v) is 3.63.